The molecule has 0 aliphatic rings. The number of carbonyl (C=O) groups excluding carboxylic acids is 1. The van der Waals surface area contributed by atoms with Crippen molar-refractivity contribution in [3.05, 3.63) is 59.1 Å². The van der Waals surface area contributed by atoms with Crippen molar-refractivity contribution in [1.82, 2.24) is 4.90 Å². The van der Waals surface area contributed by atoms with Gasteiger partial charge in [-0.25, -0.2) is 0 Å². The van der Waals surface area contributed by atoms with Gasteiger partial charge in [0.15, 0.2) is 0 Å². The van der Waals surface area contributed by atoms with Gasteiger partial charge in [0.05, 0.1) is 6.54 Å². The highest BCUT2D eigenvalue weighted by Crippen LogP contribution is 2.17. The molecule has 0 saturated heterocycles. The number of rotatable bonds is 5. The van der Waals surface area contributed by atoms with E-state index in [1.54, 1.807) is 30.1 Å². The number of nitrogens with two attached hydrogens (primary N) is 1. The number of hydrogen-bond donors (Lipinski definition) is 1. The maximum absolute atomic E-state index is 12.2. The topological polar surface area (TPSA) is 55.6 Å². The van der Waals surface area contributed by atoms with Crippen LogP contribution in [0.4, 0.5) is 5.69 Å². The van der Waals surface area contributed by atoms with Gasteiger partial charge < -0.3 is 15.4 Å². The SMILES string of the molecule is CN(CCOc1ccccc1)C(=O)c1cc(N)cc(Cl)c1. The quantitative estimate of drug-likeness (QED) is 0.864. The van der Waals surface area contributed by atoms with Crippen molar-refractivity contribution in [3.63, 3.8) is 0 Å². The summed E-state index contributed by atoms with van der Waals surface area (Å²) in [6.45, 7) is 0.891. The number of ether oxygens (including phenoxy) is 1. The lowest BCUT2D eigenvalue weighted by Crippen LogP contribution is -2.30. The first-order valence-corrected chi connectivity index (χ1v) is 6.93. The zero-order chi connectivity index (χ0) is 15.2. The molecule has 21 heavy (non-hydrogen) atoms. The molecule has 0 bridgehead atoms. The Kier molecular flexibility index (Phi) is 5.06. The number of benzene rings is 2. The van der Waals surface area contributed by atoms with Gasteiger partial charge in [-0.05, 0) is 30.3 Å². The van der Waals surface area contributed by atoms with Crippen molar-refractivity contribution in [2.45, 2.75) is 0 Å². The van der Waals surface area contributed by atoms with E-state index in [9.17, 15) is 4.79 Å². The average molecular weight is 305 g/mol. The fourth-order valence-corrected chi connectivity index (χ4v) is 2.12. The highest BCUT2D eigenvalue weighted by atomic mass is 35.5. The van der Waals surface area contributed by atoms with Crippen molar-refractivity contribution in [2.24, 2.45) is 0 Å². The molecule has 0 radical (unpaired) electrons. The molecule has 0 saturated carbocycles. The normalized spacial score (nSPS) is 10.2. The van der Waals surface area contributed by atoms with E-state index in [0.29, 0.717) is 29.4 Å². The standard InChI is InChI=1S/C16H17ClN2O2/c1-19(7-8-21-15-5-3-2-4-6-15)16(20)12-9-13(17)11-14(18)10-12/h2-6,9-11H,7-8,18H2,1H3. The van der Waals surface area contributed by atoms with Gasteiger partial charge in [-0.2, -0.15) is 0 Å². The van der Waals surface area contributed by atoms with Crippen LogP contribution in [0.5, 0.6) is 5.75 Å². The van der Waals surface area contributed by atoms with Crippen LogP contribution in [0.2, 0.25) is 5.02 Å². The van der Waals surface area contributed by atoms with Crippen LogP contribution < -0.4 is 10.5 Å². The van der Waals surface area contributed by atoms with E-state index >= 15 is 0 Å². The summed E-state index contributed by atoms with van der Waals surface area (Å²) in [6, 6.07) is 14.3. The van der Waals surface area contributed by atoms with Crippen LogP contribution in [0.15, 0.2) is 48.5 Å². The minimum atomic E-state index is -0.138. The molecule has 0 unspecified atom stereocenters. The van der Waals surface area contributed by atoms with Crippen LogP contribution in [0.3, 0.4) is 0 Å². The summed E-state index contributed by atoms with van der Waals surface area (Å²) in [5.74, 6) is 0.645. The van der Waals surface area contributed by atoms with E-state index in [1.165, 1.54) is 0 Å². The number of halogens is 1. The molecule has 2 rings (SSSR count). The molecule has 110 valence electrons. The number of carbonyl (C=O) groups is 1. The highest BCUT2D eigenvalue weighted by molar-refractivity contribution is 6.31. The van der Waals surface area contributed by atoms with Crippen molar-refractivity contribution < 1.29 is 9.53 Å². The number of nitrogens with zero attached hydrogens (tertiary/aromatic N) is 1. The average Bonchev–Trinajstić information content (AvgIpc) is 2.46. The minimum absolute atomic E-state index is 0.138. The summed E-state index contributed by atoms with van der Waals surface area (Å²) < 4.78 is 5.57. The van der Waals surface area contributed by atoms with E-state index < -0.39 is 0 Å². The fourth-order valence-electron chi connectivity index (χ4n) is 1.87. The van der Waals surface area contributed by atoms with Gasteiger partial charge in [-0.15, -0.1) is 0 Å². The zero-order valence-corrected chi connectivity index (χ0v) is 12.5. The Hall–Kier alpha value is -2.20. The molecule has 2 aromatic rings. The second kappa shape index (κ2) is 6.99. The number of likely N-dealkylation sites (N-methyl/N-ethyl adjacent to an activating group) is 1. The molecular weight excluding hydrogens is 288 g/mol. The first-order valence-electron chi connectivity index (χ1n) is 6.55. The molecule has 5 heteroatoms. The number of anilines is 1. The minimum Gasteiger partial charge on any atom is -0.492 e. The highest BCUT2D eigenvalue weighted by Gasteiger charge is 2.12. The lowest BCUT2D eigenvalue weighted by molar-refractivity contribution is 0.0774. The van der Waals surface area contributed by atoms with Gasteiger partial charge in [0.25, 0.3) is 5.91 Å². The predicted molar refractivity (Wildman–Crippen MR) is 84.8 cm³/mol. The summed E-state index contributed by atoms with van der Waals surface area (Å²) in [5, 5.41) is 0.451. The molecule has 2 N–H and O–H groups in total. The van der Waals surface area contributed by atoms with Gasteiger partial charge in [0.1, 0.15) is 12.4 Å². The third-order valence-electron chi connectivity index (χ3n) is 2.95. The predicted octanol–water partition coefficient (Wildman–Crippen LogP) is 3.07. The van der Waals surface area contributed by atoms with E-state index in [1.807, 2.05) is 30.3 Å². The third-order valence-corrected chi connectivity index (χ3v) is 3.17. The molecule has 0 atom stereocenters. The maximum atomic E-state index is 12.2. The second-order valence-corrected chi connectivity index (χ2v) is 5.10. The first kappa shape index (κ1) is 15.2. The van der Waals surface area contributed by atoms with Crippen LogP contribution in [0, 0.1) is 0 Å². The molecule has 2 aromatic carbocycles. The van der Waals surface area contributed by atoms with E-state index in [0.717, 1.165) is 5.75 Å². The second-order valence-electron chi connectivity index (χ2n) is 4.66. The fraction of sp³-hybridized carbons (Fsp3) is 0.188. The van der Waals surface area contributed by atoms with Gasteiger partial charge in [0, 0.05) is 23.3 Å². The zero-order valence-electron chi connectivity index (χ0n) is 11.8. The Morgan fingerprint density at radius 1 is 1.24 bits per heavy atom. The molecule has 0 fully saturated rings. The summed E-state index contributed by atoms with van der Waals surface area (Å²) in [6.07, 6.45) is 0. The Labute approximate surface area is 129 Å². The van der Waals surface area contributed by atoms with E-state index in [4.69, 9.17) is 22.1 Å². The van der Waals surface area contributed by atoms with Crippen LogP contribution >= 0.6 is 11.6 Å². The number of hydrogen-bond acceptors (Lipinski definition) is 3. The monoisotopic (exact) mass is 304 g/mol. The lowest BCUT2D eigenvalue weighted by Gasteiger charge is -2.18. The molecule has 0 aliphatic carbocycles. The van der Waals surface area contributed by atoms with Gasteiger partial charge in [-0.1, -0.05) is 29.8 Å². The van der Waals surface area contributed by atoms with Crippen molar-refractivity contribution >= 4 is 23.2 Å². The summed E-state index contributed by atoms with van der Waals surface area (Å²) in [7, 11) is 1.72. The molecule has 4 nitrogen and oxygen atoms in total. The Balaban J connectivity index is 1.90. The molecule has 0 aliphatic heterocycles. The van der Waals surface area contributed by atoms with Crippen molar-refractivity contribution in [1.29, 1.82) is 0 Å². The van der Waals surface area contributed by atoms with Gasteiger partial charge >= 0.3 is 0 Å². The smallest absolute Gasteiger partial charge is 0.253 e. The Bertz CT molecular complexity index is 597. The van der Waals surface area contributed by atoms with Crippen LogP contribution in [0.1, 0.15) is 10.4 Å². The summed E-state index contributed by atoms with van der Waals surface area (Å²) in [4.78, 5) is 13.8. The van der Waals surface area contributed by atoms with Crippen molar-refractivity contribution in [3.8, 4) is 5.75 Å². The number of para-hydroxylation sites is 1. The molecule has 0 aromatic heterocycles. The van der Waals surface area contributed by atoms with Crippen LogP contribution in [-0.2, 0) is 0 Å². The van der Waals surface area contributed by atoms with E-state index in [-0.39, 0.29) is 5.91 Å². The summed E-state index contributed by atoms with van der Waals surface area (Å²) >= 11 is 5.91. The summed E-state index contributed by atoms with van der Waals surface area (Å²) in [5.41, 5.74) is 6.64. The van der Waals surface area contributed by atoms with Crippen LogP contribution in [0.25, 0.3) is 0 Å². The third kappa shape index (κ3) is 4.39. The molecule has 0 heterocycles. The van der Waals surface area contributed by atoms with Crippen molar-refractivity contribution in [2.75, 3.05) is 25.9 Å². The first-order chi connectivity index (χ1) is 10.1. The van der Waals surface area contributed by atoms with E-state index in [2.05, 4.69) is 0 Å². The Morgan fingerprint density at radius 3 is 2.62 bits per heavy atom. The molecular formula is C16H17ClN2O2. The molecule has 1 amide bonds. The Morgan fingerprint density at radius 2 is 1.95 bits per heavy atom. The number of nitrogen functional groups attached to an aromatic ring is 1. The number of amides is 1. The lowest BCUT2D eigenvalue weighted by atomic mass is 10.2. The van der Waals surface area contributed by atoms with Gasteiger partial charge in [0.2, 0.25) is 0 Å². The largest absolute Gasteiger partial charge is 0.492 e. The van der Waals surface area contributed by atoms with Gasteiger partial charge in [-0.3, -0.25) is 4.79 Å². The van der Waals surface area contributed by atoms with Crippen LogP contribution in [-0.4, -0.2) is 31.0 Å². The molecule has 0 spiro atoms. The maximum Gasteiger partial charge on any atom is 0.253 e.